The van der Waals surface area contributed by atoms with Crippen molar-refractivity contribution in [3.63, 3.8) is 0 Å². The van der Waals surface area contributed by atoms with E-state index in [0.717, 1.165) is 33.3 Å². The molecule has 0 fully saturated rings. The molecule has 0 bridgehead atoms. The molecule has 0 unspecified atom stereocenters. The minimum atomic E-state index is -0.297. The Hall–Kier alpha value is -2.98. The Balaban J connectivity index is 1.74. The normalized spacial score (nSPS) is 10.6. The summed E-state index contributed by atoms with van der Waals surface area (Å²) in [7, 11) is 2.97. The quantitative estimate of drug-likeness (QED) is 0.282. The van der Waals surface area contributed by atoms with Crippen LogP contribution in [0, 0.1) is 13.8 Å². The van der Waals surface area contributed by atoms with Crippen molar-refractivity contribution in [2.45, 2.75) is 31.8 Å². The van der Waals surface area contributed by atoms with E-state index in [4.69, 9.17) is 9.47 Å². The number of ether oxygens (including phenoxy) is 2. The molecule has 1 amide bonds. The number of benzene rings is 1. The molecule has 3 aromatic rings. The van der Waals surface area contributed by atoms with Crippen LogP contribution in [-0.2, 0) is 20.7 Å². The molecule has 2 aromatic heterocycles. The molecule has 1 aromatic carbocycles. The fourth-order valence-corrected chi connectivity index (χ4v) is 4.66. The number of aryl methyl sites for hydroxylation is 3. The molecule has 0 saturated heterocycles. The van der Waals surface area contributed by atoms with Crippen molar-refractivity contribution in [3.05, 3.63) is 46.6 Å². The predicted molar refractivity (Wildman–Crippen MR) is 125 cm³/mol. The third-order valence-corrected chi connectivity index (χ3v) is 6.26. The molecule has 2 heterocycles. The summed E-state index contributed by atoms with van der Waals surface area (Å²) in [5, 5.41) is 3.89. The SMILES string of the molecule is COC(=O)CCc1sc(NC(=O)CSc2nc(C)cc(C)n2)nc1-c1ccc(OC)cc1. The first-order valence-electron chi connectivity index (χ1n) is 9.84. The maximum absolute atomic E-state index is 12.5. The number of esters is 1. The fourth-order valence-electron chi connectivity index (χ4n) is 2.91. The maximum Gasteiger partial charge on any atom is 0.305 e. The molecule has 168 valence electrons. The molecule has 0 spiro atoms. The first-order chi connectivity index (χ1) is 15.4. The highest BCUT2D eigenvalue weighted by Gasteiger charge is 2.17. The summed E-state index contributed by atoms with van der Waals surface area (Å²) in [6.45, 7) is 3.79. The van der Waals surface area contributed by atoms with Gasteiger partial charge in [-0.05, 0) is 50.6 Å². The zero-order chi connectivity index (χ0) is 23.1. The first kappa shape index (κ1) is 23.7. The van der Waals surface area contributed by atoms with Crippen LogP contribution in [0.4, 0.5) is 5.13 Å². The highest BCUT2D eigenvalue weighted by atomic mass is 32.2. The van der Waals surface area contributed by atoms with E-state index >= 15 is 0 Å². The predicted octanol–water partition coefficient (Wildman–Crippen LogP) is 4.06. The lowest BCUT2D eigenvalue weighted by atomic mass is 10.1. The van der Waals surface area contributed by atoms with Crippen LogP contribution in [0.3, 0.4) is 0 Å². The molecule has 0 saturated carbocycles. The molecule has 0 aliphatic carbocycles. The largest absolute Gasteiger partial charge is 0.497 e. The smallest absolute Gasteiger partial charge is 0.305 e. The zero-order valence-corrected chi connectivity index (χ0v) is 19.9. The van der Waals surface area contributed by atoms with Crippen molar-refractivity contribution < 1.29 is 19.1 Å². The second-order valence-corrected chi connectivity index (χ2v) is 8.89. The van der Waals surface area contributed by atoms with Gasteiger partial charge in [-0.1, -0.05) is 11.8 Å². The number of thiazole rings is 1. The highest BCUT2D eigenvalue weighted by Crippen LogP contribution is 2.33. The number of amides is 1. The van der Waals surface area contributed by atoms with Gasteiger partial charge < -0.3 is 14.8 Å². The van der Waals surface area contributed by atoms with E-state index in [1.807, 2.05) is 44.2 Å². The molecule has 10 heteroatoms. The number of methoxy groups -OCH3 is 2. The lowest BCUT2D eigenvalue weighted by molar-refractivity contribution is -0.140. The molecule has 32 heavy (non-hydrogen) atoms. The van der Waals surface area contributed by atoms with Crippen molar-refractivity contribution in [2.75, 3.05) is 25.3 Å². The molecular weight excluding hydrogens is 448 g/mol. The van der Waals surface area contributed by atoms with Gasteiger partial charge in [0.1, 0.15) is 5.75 Å². The van der Waals surface area contributed by atoms with E-state index in [2.05, 4.69) is 20.3 Å². The van der Waals surface area contributed by atoms with Crippen LogP contribution in [0.15, 0.2) is 35.5 Å². The van der Waals surface area contributed by atoms with Crippen molar-refractivity contribution in [2.24, 2.45) is 0 Å². The number of aromatic nitrogens is 3. The van der Waals surface area contributed by atoms with Gasteiger partial charge in [0, 0.05) is 21.8 Å². The van der Waals surface area contributed by atoms with Gasteiger partial charge in [0.25, 0.3) is 0 Å². The van der Waals surface area contributed by atoms with Crippen LogP contribution in [0.25, 0.3) is 11.3 Å². The summed E-state index contributed by atoms with van der Waals surface area (Å²) in [6, 6.07) is 9.37. The Labute approximate surface area is 194 Å². The van der Waals surface area contributed by atoms with Crippen LogP contribution in [0.1, 0.15) is 22.7 Å². The second-order valence-electron chi connectivity index (χ2n) is 6.87. The minimum Gasteiger partial charge on any atom is -0.497 e. The van der Waals surface area contributed by atoms with Crippen molar-refractivity contribution in [1.82, 2.24) is 15.0 Å². The van der Waals surface area contributed by atoms with E-state index in [1.165, 1.54) is 30.2 Å². The summed E-state index contributed by atoms with van der Waals surface area (Å²) >= 11 is 2.62. The molecule has 8 nitrogen and oxygen atoms in total. The van der Waals surface area contributed by atoms with E-state index in [9.17, 15) is 9.59 Å². The van der Waals surface area contributed by atoms with Gasteiger partial charge in [0.15, 0.2) is 10.3 Å². The lowest BCUT2D eigenvalue weighted by Crippen LogP contribution is -2.14. The number of rotatable bonds is 9. The van der Waals surface area contributed by atoms with Crippen LogP contribution < -0.4 is 10.1 Å². The van der Waals surface area contributed by atoms with Crippen LogP contribution in [0.5, 0.6) is 5.75 Å². The summed E-state index contributed by atoms with van der Waals surface area (Å²) in [5.74, 6) is 0.402. The summed E-state index contributed by atoms with van der Waals surface area (Å²) < 4.78 is 9.97. The first-order valence-corrected chi connectivity index (χ1v) is 11.6. The molecule has 0 aliphatic rings. The monoisotopic (exact) mass is 472 g/mol. The zero-order valence-electron chi connectivity index (χ0n) is 18.3. The second kappa shape index (κ2) is 11.1. The van der Waals surface area contributed by atoms with E-state index < -0.39 is 0 Å². The number of anilines is 1. The summed E-state index contributed by atoms with van der Waals surface area (Å²) in [6.07, 6.45) is 0.696. The van der Waals surface area contributed by atoms with Gasteiger partial charge in [0.05, 0.1) is 32.1 Å². The number of hydrogen-bond donors (Lipinski definition) is 1. The Kier molecular flexibility index (Phi) is 8.18. The van der Waals surface area contributed by atoms with E-state index in [1.54, 1.807) is 7.11 Å². The number of nitrogens with one attached hydrogen (secondary N) is 1. The Bertz CT molecular complexity index is 1080. The standard InChI is InChI=1S/C22H24N4O4S2/c1-13-11-14(2)24-21(23-13)31-12-18(27)25-22-26-20(15-5-7-16(29-3)8-6-15)17(32-22)9-10-19(28)30-4/h5-8,11H,9-10,12H2,1-4H3,(H,25,26,27). The van der Waals surface area contributed by atoms with Gasteiger partial charge in [-0.15, -0.1) is 11.3 Å². The third kappa shape index (κ3) is 6.51. The molecule has 0 atom stereocenters. The van der Waals surface area contributed by atoms with E-state index in [-0.39, 0.29) is 24.1 Å². The summed E-state index contributed by atoms with van der Waals surface area (Å²) in [4.78, 5) is 38.3. The van der Waals surface area contributed by atoms with Crippen LogP contribution >= 0.6 is 23.1 Å². The summed E-state index contributed by atoms with van der Waals surface area (Å²) in [5.41, 5.74) is 3.32. The third-order valence-electron chi connectivity index (χ3n) is 4.39. The molecule has 0 aliphatic heterocycles. The van der Waals surface area contributed by atoms with Crippen molar-refractivity contribution >= 4 is 40.1 Å². The molecular formula is C22H24N4O4S2. The Morgan fingerprint density at radius 3 is 2.38 bits per heavy atom. The maximum atomic E-state index is 12.5. The number of hydrogen-bond acceptors (Lipinski definition) is 9. The molecule has 3 rings (SSSR count). The fraction of sp³-hybridized carbons (Fsp3) is 0.318. The average molecular weight is 473 g/mol. The van der Waals surface area contributed by atoms with Crippen LogP contribution in [-0.4, -0.2) is 46.8 Å². The molecule has 0 radical (unpaired) electrons. The van der Waals surface area contributed by atoms with Gasteiger partial charge in [-0.25, -0.2) is 15.0 Å². The molecule has 1 N–H and O–H groups in total. The number of nitrogens with zero attached hydrogens (tertiary/aromatic N) is 3. The topological polar surface area (TPSA) is 103 Å². The number of carbonyl (C=O) groups excluding carboxylic acids is 2. The lowest BCUT2D eigenvalue weighted by Gasteiger charge is -2.04. The van der Waals surface area contributed by atoms with Gasteiger partial charge in [-0.3, -0.25) is 9.59 Å². The van der Waals surface area contributed by atoms with Gasteiger partial charge >= 0.3 is 5.97 Å². The average Bonchev–Trinajstić information content (AvgIpc) is 3.17. The van der Waals surface area contributed by atoms with Crippen molar-refractivity contribution in [1.29, 1.82) is 0 Å². The number of thioether (sulfide) groups is 1. The Morgan fingerprint density at radius 2 is 1.75 bits per heavy atom. The minimum absolute atomic E-state index is 0.165. The van der Waals surface area contributed by atoms with Crippen molar-refractivity contribution in [3.8, 4) is 17.0 Å². The van der Waals surface area contributed by atoms with Gasteiger partial charge in [0.2, 0.25) is 5.91 Å². The van der Waals surface area contributed by atoms with E-state index in [0.29, 0.717) is 16.7 Å². The van der Waals surface area contributed by atoms with Gasteiger partial charge in [-0.2, -0.15) is 0 Å². The Morgan fingerprint density at radius 1 is 1.06 bits per heavy atom. The highest BCUT2D eigenvalue weighted by molar-refractivity contribution is 7.99. The number of carbonyl (C=O) groups is 2. The van der Waals surface area contributed by atoms with Crippen LogP contribution in [0.2, 0.25) is 0 Å².